The number of amides is 1. The Bertz CT molecular complexity index is 562. The molecule has 0 bridgehead atoms. The van der Waals surface area contributed by atoms with Gasteiger partial charge in [0.15, 0.2) is 0 Å². The Morgan fingerprint density at radius 1 is 1.30 bits per heavy atom. The van der Waals surface area contributed by atoms with E-state index < -0.39 is 18.0 Å². The maximum Gasteiger partial charge on any atom is 0.339 e. The summed E-state index contributed by atoms with van der Waals surface area (Å²) >= 11 is 11.8. The molecule has 2 unspecified atom stereocenters. The number of carbonyl (C=O) groups excluding carboxylic acids is 1. The van der Waals surface area contributed by atoms with E-state index in [1.807, 2.05) is 6.92 Å². The summed E-state index contributed by atoms with van der Waals surface area (Å²) in [6.45, 7) is 1.88. The number of nitrogens with one attached hydrogen (secondary N) is 1. The van der Waals surface area contributed by atoms with Gasteiger partial charge < -0.3 is 15.2 Å². The Labute approximate surface area is 125 Å². The number of ether oxygens (including phenoxy) is 1. The highest BCUT2D eigenvalue weighted by molar-refractivity contribution is 6.38. The molecule has 1 heterocycles. The van der Waals surface area contributed by atoms with E-state index >= 15 is 0 Å². The SMILES string of the molecule is CC1CCC(C(=O)Nc2c(Cl)ccc(Cl)c2C(=O)O)O1. The van der Waals surface area contributed by atoms with E-state index in [2.05, 4.69) is 5.32 Å². The van der Waals surface area contributed by atoms with Crippen molar-refractivity contribution in [1.29, 1.82) is 0 Å². The van der Waals surface area contributed by atoms with Crippen LogP contribution in [0, 0.1) is 0 Å². The van der Waals surface area contributed by atoms with E-state index in [1.165, 1.54) is 12.1 Å². The molecule has 0 aromatic heterocycles. The van der Waals surface area contributed by atoms with E-state index in [0.717, 1.165) is 6.42 Å². The summed E-state index contributed by atoms with van der Waals surface area (Å²) in [5.41, 5.74) is -0.224. The summed E-state index contributed by atoms with van der Waals surface area (Å²) in [4.78, 5) is 23.3. The van der Waals surface area contributed by atoms with Crippen molar-refractivity contribution in [3.63, 3.8) is 0 Å². The second-order valence-electron chi connectivity index (χ2n) is 4.59. The first-order valence-corrected chi connectivity index (χ1v) is 6.83. The molecule has 0 spiro atoms. The van der Waals surface area contributed by atoms with Crippen LogP contribution in [0.2, 0.25) is 10.0 Å². The molecule has 1 fully saturated rings. The fourth-order valence-corrected chi connectivity index (χ4v) is 2.53. The van der Waals surface area contributed by atoms with Gasteiger partial charge in [-0.25, -0.2) is 4.79 Å². The van der Waals surface area contributed by atoms with E-state index in [-0.39, 0.29) is 27.4 Å². The molecule has 108 valence electrons. The minimum Gasteiger partial charge on any atom is -0.478 e. The van der Waals surface area contributed by atoms with Gasteiger partial charge in [0, 0.05) is 0 Å². The Morgan fingerprint density at radius 3 is 2.50 bits per heavy atom. The van der Waals surface area contributed by atoms with E-state index in [4.69, 9.17) is 33.0 Å². The molecule has 0 aliphatic carbocycles. The quantitative estimate of drug-likeness (QED) is 0.897. The second kappa shape index (κ2) is 5.99. The molecule has 0 saturated carbocycles. The molecular formula is C13H13Cl2NO4. The molecule has 1 saturated heterocycles. The number of carboxylic acids is 1. The monoisotopic (exact) mass is 317 g/mol. The van der Waals surface area contributed by atoms with Crippen LogP contribution in [0.3, 0.4) is 0 Å². The normalized spacial score (nSPS) is 21.8. The molecule has 1 amide bonds. The minimum absolute atomic E-state index is 0.000167. The fourth-order valence-electron chi connectivity index (χ4n) is 2.08. The third-order valence-corrected chi connectivity index (χ3v) is 3.72. The van der Waals surface area contributed by atoms with Crippen molar-refractivity contribution in [2.45, 2.75) is 32.0 Å². The molecule has 1 aliphatic rings. The van der Waals surface area contributed by atoms with Gasteiger partial charge in [-0.3, -0.25) is 4.79 Å². The third-order valence-electron chi connectivity index (χ3n) is 3.09. The number of benzene rings is 1. The summed E-state index contributed by atoms with van der Waals surface area (Å²) in [5, 5.41) is 11.8. The lowest BCUT2D eigenvalue weighted by Crippen LogP contribution is -2.28. The summed E-state index contributed by atoms with van der Waals surface area (Å²) < 4.78 is 5.43. The van der Waals surface area contributed by atoms with Crippen LogP contribution >= 0.6 is 23.2 Å². The zero-order chi connectivity index (χ0) is 14.9. The van der Waals surface area contributed by atoms with Gasteiger partial charge in [0.2, 0.25) is 0 Å². The van der Waals surface area contributed by atoms with Gasteiger partial charge in [0.1, 0.15) is 11.7 Å². The van der Waals surface area contributed by atoms with Crippen molar-refractivity contribution in [3.8, 4) is 0 Å². The average molecular weight is 318 g/mol. The predicted octanol–water partition coefficient (Wildman–Crippen LogP) is 3.20. The van der Waals surface area contributed by atoms with Crippen LogP contribution < -0.4 is 5.32 Å². The summed E-state index contributed by atoms with van der Waals surface area (Å²) in [7, 11) is 0. The van der Waals surface area contributed by atoms with E-state index in [0.29, 0.717) is 6.42 Å². The largest absolute Gasteiger partial charge is 0.478 e. The minimum atomic E-state index is -1.26. The second-order valence-corrected chi connectivity index (χ2v) is 5.40. The summed E-state index contributed by atoms with van der Waals surface area (Å²) in [6, 6.07) is 2.81. The van der Waals surface area contributed by atoms with Crippen LogP contribution in [-0.4, -0.2) is 29.2 Å². The topological polar surface area (TPSA) is 75.6 Å². The first kappa shape index (κ1) is 15.1. The molecule has 1 aliphatic heterocycles. The number of rotatable bonds is 3. The van der Waals surface area contributed by atoms with Crippen LogP contribution in [0.5, 0.6) is 0 Å². The summed E-state index contributed by atoms with van der Waals surface area (Å²) in [5.74, 6) is -1.67. The highest BCUT2D eigenvalue weighted by Crippen LogP contribution is 2.32. The number of carboxylic acid groups (broad SMARTS) is 1. The molecule has 2 atom stereocenters. The molecule has 7 heteroatoms. The molecule has 5 nitrogen and oxygen atoms in total. The van der Waals surface area contributed by atoms with Crippen molar-refractivity contribution >= 4 is 40.8 Å². The lowest BCUT2D eigenvalue weighted by molar-refractivity contribution is -0.126. The van der Waals surface area contributed by atoms with Gasteiger partial charge in [-0.2, -0.15) is 0 Å². The number of hydrogen-bond acceptors (Lipinski definition) is 3. The van der Waals surface area contributed by atoms with Crippen molar-refractivity contribution < 1.29 is 19.4 Å². The van der Waals surface area contributed by atoms with Crippen LogP contribution in [0.1, 0.15) is 30.1 Å². The number of aromatic carboxylic acids is 1. The van der Waals surface area contributed by atoms with Crippen LogP contribution in [0.4, 0.5) is 5.69 Å². The van der Waals surface area contributed by atoms with Crippen molar-refractivity contribution in [3.05, 3.63) is 27.7 Å². The molecule has 20 heavy (non-hydrogen) atoms. The smallest absolute Gasteiger partial charge is 0.339 e. The number of hydrogen-bond donors (Lipinski definition) is 2. The fraction of sp³-hybridized carbons (Fsp3) is 0.385. The zero-order valence-electron chi connectivity index (χ0n) is 10.7. The first-order valence-electron chi connectivity index (χ1n) is 6.07. The Balaban J connectivity index is 2.27. The van der Waals surface area contributed by atoms with Gasteiger partial charge in [0.05, 0.1) is 21.8 Å². The standard InChI is InChI=1S/C13H13Cl2NO4/c1-6-2-5-9(20-6)12(17)16-11-8(15)4-3-7(14)10(11)13(18)19/h3-4,6,9H,2,5H2,1H3,(H,16,17)(H,18,19). The van der Waals surface area contributed by atoms with Gasteiger partial charge in [-0.1, -0.05) is 23.2 Å². The van der Waals surface area contributed by atoms with Crippen LogP contribution in [-0.2, 0) is 9.53 Å². The first-order chi connectivity index (χ1) is 9.40. The zero-order valence-corrected chi connectivity index (χ0v) is 12.2. The van der Waals surface area contributed by atoms with Crippen molar-refractivity contribution in [2.75, 3.05) is 5.32 Å². The molecule has 1 aromatic rings. The van der Waals surface area contributed by atoms with E-state index in [9.17, 15) is 9.59 Å². The Morgan fingerprint density at radius 2 is 1.95 bits per heavy atom. The highest BCUT2D eigenvalue weighted by Gasteiger charge is 2.30. The maximum absolute atomic E-state index is 12.1. The number of halogens is 2. The molecule has 2 rings (SSSR count). The highest BCUT2D eigenvalue weighted by atomic mass is 35.5. The van der Waals surface area contributed by atoms with Gasteiger partial charge in [0.25, 0.3) is 5.91 Å². The van der Waals surface area contributed by atoms with Crippen LogP contribution in [0.25, 0.3) is 0 Å². The van der Waals surface area contributed by atoms with E-state index in [1.54, 1.807) is 0 Å². The number of carbonyl (C=O) groups is 2. The number of anilines is 1. The Hall–Kier alpha value is -1.30. The molecule has 1 aromatic carbocycles. The van der Waals surface area contributed by atoms with Gasteiger partial charge in [-0.05, 0) is 31.9 Å². The Kier molecular flexibility index (Phi) is 4.52. The third kappa shape index (κ3) is 3.06. The molecular weight excluding hydrogens is 305 g/mol. The average Bonchev–Trinajstić information content (AvgIpc) is 2.80. The van der Waals surface area contributed by atoms with Crippen LogP contribution in [0.15, 0.2) is 12.1 Å². The van der Waals surface area contributed by atoms with Gasteiger partial charge >= 0.3 is 5.97 Å². The maximum atomic E-state index is 12.1. The van der Waals surface area contributed by atoms with Gasteiger partial charge in [-0.15, -0.1) is 0 Å². The molecule has 2 N–H and O–H groups in total. The lowest BCUT2D eigenvalue weighted by atomic mass is 10.1. The van der Waals surface area contributed by atoms with Crippen molar-refractivity contribution in [2.24, 2.45) is 0 Å². The summed E-state index contributed by atoms with van der Waals surface area (Å²) in [6.07, 6.45) is 0.794. The van der Waals surface area contributed by atoms with Crippen molar-refractivity contribution in [1.82, 2.24) is 0 Å². The lowest BCUT2D eigenvalue weighted by Gasteiger charge is -2.15. The molecule has 0 radical (unpaired) electrons. The predicted molar refractivity (Wildman–Crippen MR) is 75.6 cm³/mol.